The summed E-state index contributed by atoms with van der Waals surface area (Å²) in [6.45, 7) is 1.62. The number of anilines is 2. The molecule has 1 heterocycles. The molecule has 1 aromatic heterocycles. The molecule has 0 saturated heterocycles. The molecule has 8 heteroatoms. The topological polar surface area (TPSA) is 70.2 Å². The highest BCUT2D eigenvalue weighted by Gasteiger charge is 2.26. The molecular weight excluding hydrogens is 429 g/mol. The van der Waals surface area contributed by atoms with E-state index in [9.17, 15) is 9.18 Å². The van der Waals surface area contributed by atoms with E-state index in [4.69, 9.17) is 16.6 Å². The highest BCUT2D eigenvalue weighted by Crippen LogP contribution is 2.27. The second kappa shape index (κ2) is 9.28. The Hall–Kier alpha value is -2.93. The van der Waals surface area contributed by atoms with Crippen LogP contribution in [-0.4, -0.2) is 42.1 Å². The van der Waals surface area contributed by atoms with Gasteiger partial charge in [-0.1, -0.05) is 29.8 Å². The first-order chi connectivity index (χ1) is 15.3. The van der Waals surface area contributed by atoms with Gasteiger partial charge in [-0.15, -0.1) is 0 Å². The Labute approximate surface area is 192 Å². The predicted molar refractivity (Wildman–Crippen MR) is 127 cm³/mol. The minimum atomic E-state index is -0.560. The maximum absolute atomic E-state index is 14.4. The van der Waals surface area contributed by atoms with E-state index in [1.54, 1.807) is 19.1 Å². The van der Waals surface area contributed by atoms with Crippen molar-refractivity contribution in [1.29, 1.82) is 0 Å². The number of benzene rings is 2. The zero-order valence-corrected chi connectivity index (χ0v) is 19.2. The lowest BCUT2D eigenvalue weighted by Gasteiger charge is -2.30. The molecule has 1 aliphatic carbocycles. The first-order valence-electron chi connectivity index (χ1n) is 10.8. The van der Waals surface area contributed by atoms with Crippen molar-refractivity contribution < 1.29 is 9.18 Å². The molecule has 0 unspecified atom stereocenters. The molecule has 0 spiro atoms. The Bertz CT molecular complexity index is 1140. The van der Waals surface area contributed by atoms with E-state index in [1.165, 1.54) is 0 Å². The third kappa shape index (κ3) is 4.63. The molecule has 6 nitrogen and oxygen atoms in total. The number of hydrogen-bond acceptors (Lipinski definition) is 5. The Morgan fingerprint density at radius 1 is 1.06 bits per heavy atom. The van der Waals surface area contributed by atoms with Crippen molar-refractivity contribution in [2.45, 2.75) is 44.7 Å². The first-order valence-corrected chi connectivity index (χ1v) is 11.2. The number of para-hydroxylation sites is 1. The SMILES string of the molecule is Cc1ccc(Cl)c(C(=O)NC2CCC(Nc3nc(N(C)C)c4ccccc4n3)CC2)c1F. The maximum atomic E-state index is 14.4. The number of nitrogens with one attached hydrogen (secondary N) is 2. The van der Waals surface area contributed by atoms with Gasteiger partial charge in [0, 0.05) is 31.6 Å². The van der Waals surface area contributed by atoms with Crippen LogP contribution in [0.4, 0.5) is 16.2 Å². The zero-order chi connectivity index (χ0) is 22.8. The minimum absolute atomic E-state index is 0.0219. The van der Waals surface area contributed by atoms with Crippen LogP contribution in [0.1, 0.15) is 41.6 Å². The molecule has 1 fully saturated rings. The van der Waals surface area contributed by atoms with E-state index in [2.05, 4.69) is 15.6 Å². The number of halogens is 2. The van der Waals surface area contributed by atoms with Crippen LogP contribution in [0.5, 0.6) is 0 Å². The summed E-state index contributed by atoms with van der Waals surface area (Å²) in [7, 11) is 3.94. The highest BCUT2D eigenvalue weighted by molar-refractivity contribution is 6.33. The standard InChI is InChI=1S/C24H27ClFN5O/c1-14-8-13-18(25)20(21(14)26)23(32)27-15-9-11-16(12-10-15)28-24-29-19-7-5-4-6-17(19)22(30-24)31(2)3/h4-8,13,15-16H,9-12H2,1-3H3,(H,27,32)(H,28,29,30). The van der Waals surface area contributed by atoms with Crippen molar-refractivity contribution in [1.82, 2.24) is 15.3 Å². The fourth-order valence-corrected chi connectivity index (χ4v) is 4.38. The average molecular weight is 456 g/mol. The Morgan fingerprint density at radius 2 is 1.75 bits per heavy atom. The van der Waals surface area contributed by atoms with Gasteiger partial charge in [-0.25, -0.2) is 9.37 Å². The van der Waals surface area contributed by atoms with Crippen LogP contribution in [0.2, 0.25) is 5.02 Å². The van der Waals surface area contributed by atoms with Crippen LogP contribution >= 0.6 is 11.6 Å². The van der Waals surface area contributed by atoms with E-state index in [1.807, 2.05) is 43.3 Å². The zero-order valence-electron chi connectivity index (χ0n) is 18.5. The summed E-state index contributed by atoms with van der Waals surface area (Å²) >= 11 is 6.08. The van der Waals surface area contributed by atoms with E-state index >= 15 is 0 Å². The van der Waals surface area contributed by atoms with Crippen LogP contribution in [0.25, 0.3) is 10.9 Å². The summed E-state index contributed by atoms with van der Waals surface area (Å²) in [4.78, 5) is 24.0. The van der Waals surface area contributed by atoms with Crippen molar-refractivity contribution in [2.24, 2.45) is 0 Å². The quantitative estimate of drug-likeness (QED) is 0.569. The number of amides is 1. The lowest BCUT2D eigenvalue weighted by molar-refractivity contribution is 0.0922. The molecule has 2 N–H and O–H groups in total. The number of aryl methyl sites for hydroxylation is 1. The molecular formula is C24H27ClFN5O. The fourth-order valence-electron chi connectivity index (χ4n) is 4.15. The van der Waals surface area contributed by atoms with Gasteiger partial charge in [-0.3, -0.25) is 4.79 Å². The summed E-state index contributed by atoms with van der Waals surface area (Å²) in [6, 6.07) is 11.3. The highest BCUT2D eigenvalue weighted by atomic mass is 35.5. The number of hydrogen-bond donors (Lipinski definition) is 2. The van der Waals surface area contributed by atoms with Crippen molar-refractivity contribution in [3.05, 3.63) is 58.4 Å². The maximum Gasteiger partial charge on any atom is 0.256 e. The van der Waals surface area contributed by atoms with Crippen molar-refractivity contribution in [2.75, 3.05) is 24.3 Å². The van der Waals surface area contributed by atoms with Gasteiger partial charge >= 0.3 is 0 Å². The van der Waals surface area contributed by atoms with Gasteiger partial charge in [-0.2, -0.15) is 4.98 Å². The molecule has 0 aliphatic heterocycles. The second-order valence-corrected chi connectivity index (χ2v) is 8.91. The number of carbonyl (C=O) groups excluding carboxylic acids is 1. The van der Waals surface area contributed by atoms with Gasteiger partial charge in [0.15, 0.2) is 0 Å². The van der Waals surface area contributed by atoms with E-state index < -0.39 is 11.7 Å². The normalized spacial score (nSPS) is 18.4. The number of carbonyl (C=O) groups is 1. The number of fused-ring (bicyclic) bond motifs is 1. The molecule has 0 radical (unpaired) electrons. The Kier molecular flexibility index (Phi) is 6.46. The van der Waals surface area contributed by atoms with E-state index in [0.29, 0.717) is 11.5 Å². The van der Waals surface area contributed by atoms with Crippen molar-refractivity contribution in [3.8, 4) is 0 Å². The number of nitrogens with zero attached hydrogens (tertiary/aromatic N) is 3. The third-order valence-corrected chi connectivity index (χ3v) is 6.23. The van der Waals surface area contributed by atoms with Gasteiger partial charge in [0.2, 0.25) is 5.95 Å². The largest absolute Gasteiger partial charge is 0.362 e. The molecule has 1 amide bonds. The molecule has 32 heavy (non-hydrogen) atoms. The summed E-state index contributed by atoms with van der Waals surface area (Å²) in [6.07, 6.45) is 3.26. The van der Waals surface area contributed by atoms with Crippen LogP contribution in [0.3, 0.4) is 0 Å². The summed E-state index contributed by atoms with van der Waals surface area (Å²) in [5, 5.41) is 7.55. The van der Waals surface area contributed by atoms with Crippen LogP contribution < -0.4 is 15.5 Å². The molecule has 0 atom stereocenters. The number of rotatable bonds is 5. The van der Waals surface area contributed by atoms with Crippen LogP contribution in [-0.2, 0) is 0 Å². The third-order valence-electron chi connectivity index (χ3n) is 5.91. The van der Waals surface area contributed by atoms with Gasteiger partial charge in [0.25, 0.3) is 5.91 Å². The lowest BCUT2D eigenvalue weighted by Crippen LogP contribution is -2.40. The monoisotopic (exact) mass is 455 g/mol. The van der Waals surface area contributed by atoms with Gasteiger partial charge in [0.1, 0.15) is 11.6 Å². The van der Waals surface area contributed by atoms with Gasteiger partial charge in [-0.05, 0) is 56.4 Å². The van der Waals surface area contributed by atoms with Crippen molar-refractivity contribution >= 4 is 40.2 Å². The Balaban J connectivity index is 1.40. The van der Waals surface area contributed by atoms with Crippen LogP contribution in [0.15, 0.2) is 36.4 Å². The molecule has 0 bridgehead atoms. The molecule has 1 aliphatic rings. The van der Waals surface area contributed by atoms with Crippen LogP contribution in [0, 0.1) is 12.7 Å². The first kappa shape index (κ1) is 22.3. The summed E-state index contributed by atoms with van der Waals surface area (Å²) in [5.74, 6) is 0.459. The molecule has 2 aromatic carbocycles. The smallest absolute Gasteiger partial charge is 0.256 e. The van der Waals surface area contributed by atoms with Gasteiger partial charge < -0.3 is 15.5 Å². The average Bonchev–Trinajstić information content (AvgIpc) is 2.77. The Morgan fingerprint density at radius 3 is 2.47 bits per heavy atom. The predicted octanol–water partition coefficient (Wildman–Crippen LogP) is 4.95. The molecule has 3 aromatic rings. The second-order valence-electron chi connectivity index (χ2n) is 8.50. The minimum Gasteiger partial charge on any atom is -0.362 e. The van der Waals surface area contributed by atoms with E-state index in [-0.39, 0.29) is 22.7 Å². The fraction of sp³-hybridized carbons (Fsp3) is 0.375. The van der Waals surface area contributed by atoms with Gasteiger partial charge in [0.05, 0.1) is 16.1 Å². The molecule has 1 saturated carbocycles. The summed E-state index contributed by atoms with van der Waals surface area (Å²) in [5.41, 5.74) is 1.22. The lowest BCUT2D eigenvalue weighted by atomic mass is 9.91. The molecule has 4 rings (SSSR count). The number of aromatic nitrogens is 2. The summed E-state index contributed by atoms with van der Waals surface area (Å²) < 4.78 is 14.4. The van der Waals surface area contributed by atoms with Crippen molar-refractivity contribution in [3.63, 3.8) is 0 Å². The van der Waals surface area contributed by atoms with E-state index in [0.717, 1.165) is 42.4 Å². The molecule has 168 valence electrons.